The van der Waals surface area contributed by atoms with Gasteiger partial charge in [-0.2, -0.15) is 0 Å². The third kappa shape index (κ3) is 3.89. The van der Waals surface area contributed by atoms with Crippen LogP contribution in [0.3, 0.4) is 0 Å². The number of likely N-dealkylation sites (N-methyl/N-ethyl adjacent to an activating group) is 1. The third-order valence-electron chi connectivity index (χ3n) is 2.94. The van der Waals surface area contributed by atoms with Gasteiger partial charge >= 0.3 is 5.97 Å². The maximum atomic E-state index is 13.3. The number of halogens is 2. The number of nitrogens with one attached hydrogen (secondary N) is 1. The van der Waals surface area contributed by atoms with Crippen LogP contribution in [-0.2, 0) is 9.53 Å². The highest BCUT2D eigenvalue weighted by atomic mass is 19.1. The first-order valence-electron chi connectivity index (χ1n) is 5.78. The standard InChI is InChI=1S/C13H17F2NO3/c1-13(16-2,12(17)18-3)6-7-19-11-8-9(14)4-5-10(11)15/h4-5,8,16H,6-7H2,1-3H3. The van der Waals surface area contributed by atoms with Crippen molar-refractivity contribution < 1.29 is 23.0 Å². The van der Waals surface area contributed by atoms with E-state index in [0.29, 0.717) is 0 Å². The van der Waals surface area contributed by atoms with Gasteiger partial charge in [-0.05, 0) is 26.1 Å². The van der Waals surface area contributed by atoms with Crippen molar-refractivity contribution in [3.8, 4) is 5.75 Å². The van der Waals surface area contributed by atoms with Crippen molar-refractivity contribution in [2.75, 3.05) is 20.8 Å². The summed E-state index contributed by atoms with van der Waals surface area (Å²) in [7, 11) is 2.89. The third-order valence-corrected chi connectivity index (χ3v) is 2.94. The van der Waals surface area contributed by atoms with Crippen molar-refractivity contribution >= 4 is 5.97 Å². The minimum atomic E-state index is -0.932. The number of hydrogen-bond donors (Lipinski definition) is 1. The van der Waals surface area contributed by atoms with Gasteiger partial charge < -0.3 is 14.8 Å². The lowest BCUT2D eigenvalue weighted by Crippen LogP contribution is -2.49. The molecule has 0 saturated heterocycles. The van der Waals surface area contributed by atoms with Gasteiger partial charge in [0.05, 0.1) is 13.7 Å². The molecular formula is C13H17F2NO3. The molecule has 0 saturated carbocycles. The number of benzene rings is 1. The fraction of sp³-hybridized carbons (Fsp3) is 0.462. The molecule has 0 aromatic heterocycles. The molecule has 0 aliphatic carbocycles. The summed E-state index contributed by atoms with van der Waals surface area (Å²) in [5.74, 6) is -1.85. The summed E-state index contributed by atoms with van der Waals surface area (Å²) < 4.78 is 36.0. The molecule has 1 unspecified atom stereocenters. The lowest BCUT2D eigenvalue weighted by Gasteiger charge is -2.25. The molecular weight excluding hydrogens is 256 g/mol. The summed E-state index contributed by atoms with van der Waals surface area (Å²) in [4.78, 5) is 11.6. The molecule has 0 radical (unpaired) electrons. The Morgan fingerprint density at radius 2 is 2.11 bits per heavy atom. The van der Waals surface area contributed by atoms with Gasteiger partial charge in [-0.3, -0.25) is 4.79 Å². The summed E-state index contributed by atoms with van der Waals surface area (Å²) in [5.41, 5.74) is -0.932. The summed E-state index contributed by atoms with van der Waals surface area (Å²) in [6.07, 6.45) is 0.256. The van der Waals surface area contributed by atoms with Crippen LogP contribution < -0.4 is 10.1 Å². The Bertz CT molecular complexity index is 454. The predicted octanol–water partition coefficient (Wildman–Crippen LogP) is 1.88. The topological polar surface area (TPSA) is 47.6 Å². The second-order valence-electron chi connectivity index (χ2n) is 4.25. The number of carbonyl (C=O) groups is 1. The average Bonchev–Trinajstić information content (AvgIpc) is 2.41. The Balaban J connectivity index is 2.62. The lowest BCUT2D eigenvalue weighted by molar-refractivity contribution is -0.148. The van der Waals surface area contributed by atoms with Gasteiger partial charge in [0.25, 0.3) is 0 Å². The highest BCUT2D eigenvalue weighted by Crippen LogP contribution is 2.19. The van der Waals surface area contributed by atoms with Crippen LogP contribution in [-0.4, -0.2) is 32.3 Å². The largest absolute Gasteiger partial charge is 0.490 e. The Morgan fingerprint density at radius 1 is 1.42 bits per heavy atom. The van der Waals surface area contributed by atoms with E-state index in [9.17, 15) is 13.6 Å². The van der Waals surface area contributed by atoms with Crippen molar-refractivity contribution in [3.05, 3.63) is 29.8 Å². The van der Waals surface area contributed by atoms with Gasteiger partial charge in [0, 0.05) is 12.5 Å². The minimum Gasteiger partial charge on any atom is -0.490 e. The van der Waals surface area contributed by atoms with Crippen LogP contribution in [0.1, 0.15) is 13.3 Å². The molecule has 0 bridgehead atoms. The predicted molar refractivity (Wildman–Crippen MR) is 66.0 cm³/mol. The van der Waals surface area contributed by atoms with Crippen LogP contribution in [0.25, 0.3) is 0 Å². The molecule has 1 aromatic carbocycles. The van der Waals surface area contributed by atoms with E-state index in [2.05, 4.69) is 10.1 Å². The van der Waals surface area contributed by atoms with E-state index in [1.165, 1.54) is 7.11 Å². The number of methoxy groups -OCH3 is 1. The van der Waals surface area contributed by atoms with Gasteiger partial charge in [-0.15, -0.1) is 0 Å². The maximum absolute atomic E-state index is 13.3. The van der Waals surface area contributed by atoms with E-state index < -0.39 is 23.1 Å². The highest BCUT2D eigenvalue weighted by Gasteiger charge is 2.32. The van der Waals surface area contributed by atoms with Gasteiger partial charge in [0.1, 0.15) is 11.4 Å². The summed E-state index contributed by atoms with van der Waals surface area (Å²) in [6, 6.07) is 2.96. The van der Waals surface area contributed by atoms with Crippen LogP contribution in [0.5, 0.6) is 5.75 Å². The molecule has 1 aromatic rings. The van der Waals surface area contributed by atoms with Crippen LogP contribution >= 0.6 is 0 Å². The van der Waals surface area contributed by atoms with Crippen LogP contribution in [0, 0.1) is 11.6 Å². The summed E-state index contributed by atoms with van der Waals surface area (Å²) in [6.45, 7) is 1.69. The molecule has 1 rings (SSSR count). The van der Waals surface area contributed by atoms with E-state index in [-0.39, 0.29) is 18.8 Å². The Kier molecular flexibility index (Phi) is 5.23. The number of hydrogen-bond acceptors (Lipinski definition) is 4. The molecule has 1 atom stereocenters. The van der Waals surface area contributed by atoms with E-state index >= 15 is 0 Å². The zero-order valence-corrected chi connectivity index (χ0v) is 11.1. The summed E-state index contributed by atoms with van der Waals surface area (Å²) in [5, 5.41) is 2.82. The summed E-state index contributed by atoms with van der Waals surface area (Å²) >= 11 is 0. The van der Waals surface area contributed by atoms with Crippen LogP contribution in [0.2, 0.25) is 0 Å². The highest BCUT2D eigenvalue weighted by molar-refractivity contribution is 5.80. The molecule has 0 amide bonds. The van der Waals surface area contributed by atoms with Gasteiger partial charge in [0.15, 0.2) is 11.6 Å². The molecule has 4 nitrogen and oxygen atoms in total. The normalized spacial score (nSPS) is 13.7. The number of rotatable bonds is 6. The lowest BCUT2D eigenvalue weighted by atomic mass is 9.99. The molecule has 0 heterocycles. The minimum absolute atomic E-state index is 0.0484. The van der Waals surface area contributed by atoms with Crippen LogP contribution in [0.15, 0.2) is 18.2 Å². The molecule has 19 heavy (non-hydrogen) atoms. The van der Waals surface area contributed by atoms with Crippen molar-refractivity contribution in [2.24, 2.45) is 0 Å². The molecule has 0 spiro atoms. The number of carbonyl (C=O) groups excluding carboxylic acids is 1. The monoisotopic (exact) mass is 273 g/mol. The van der Waals surface area contributed by atoms with Gasteiger partial charge in [0.2, 0.25) is 0 Å². The number of ether oxygens (including phenoxy) is 2. The second-order valence-corrected chi connectivity index (χ2v) is 4.25. The Labute approximate surface area is 110 Å². The van der Waals surface area contributed by atoms with E-state index in [0.717, 1.165) is 18.2 Å². The molecule has 0 fully saturated rings. The van der Waals surface area contributed by atoms with Crippen molar-refractivity contribution in [3.63, 3.8) is 0 Å². The first kappa shape index (κ1) is 15.4. The van der Waals surface area contributed by atoms with Crippen molar-refractivity contribution in [2.45, 2.75) is 18.9 Å². The quantitative estimate of drug-likeness (QED) is 0.804. The van der Waals surface area contributed by atoms with Crippen molar-refractivity contribution in [1.82, 2.24) is 5.32 Å². The molecule has 1 N–H and O–H groups in total. The maximum Gasteiger partial charge on any atom is 0.325 e. The van der Waals surface area contributed by atoms with Crippen molar-refractivity contribution in [1.29, 1.82) is 0 Å². The zero-order valence-electron chi connectivity index (χ0n) is 11.1. The zero-order chi connectivity index (χ0) is 14.5. The number of esters is 1. The molecule has 0 aliphatic heterocycles. The van der Waals surface area contributed by atoms with Gasteiger partial charge in [-0.1, -0.05) is 0 Å². The fourth-order valence-corrected chi connectivity index (χ4v) is 1.51. The van der Waals surface area contributed by atoms with E-state index in [4.69, 9.17) is 4.74 Å². The molecule has 106 valence electrons. The first-order chi connectivity index (χ1) is 8.92. The average molecular weight is 273 g/mol. The fourth-order valence-electron chi connectivity index (χ4n) is 1.51. The van der Waals surface area contributed by atoms with Crippen LogP contribution in [0.4, 0.5) is 8.78 Å². The first-order valence-corrected chi connectivity index (χ1v) is 5.78. The Morgan fingerprint density at radius 3 is 2.68 bits per heavy atom. The molecule has 0 aliphatic rings. The smallest absolute Gasteiger partial charge is 0.325 e. The van der Waals surface area contributed by atoms with E-state index in [1.807, 2.05) is 0 Å². The molecule has 6 heteroatoms. The second kappa shape index (κ2) is 6.47. The Hall–Kier alpha value is -1.69. The SMILES string of the molecule is CNC(C)(CCOc1cc(F)ccc1F)C(=O)OC. The van der Waals surface area contributed by atoms with E-state index in [1.54, 1.807) is 14.0 Å². The van der Waals surface area contributed by atoms with Gasteiger partial charge in [-0.25, -0.2) is 8.78 Å².